The maximum atomic E-state index is 13.6. The van der Waals surface area contributed by atoms with Crippen LogP contribution in [-0.4, -0.2) is 41.6 Å². The number of amides is 1. The van der Waals surface area contributed by atoms with Crippen molar-refractivity contribution < 1.29 is 37.3 Å². The Morgan fingerprint density at radius 2 is 1.70 bits per heavy atom. The van der Waals surface area contributed by atoms with Crippen LogP contribution in [0.4, 0.5) is 13.2 Å². The average molecular weight is 516 g/mol. The van der Waals surface area contributed by atoms with Crippen LogP contribution < -0.4 is 9.47 Å². The summed E-state index contributed by atoms with van der Waals surface area (Å²) in [5.41, 5.74) is 0.677. The molecule has 37 heavy (non-hydrogen) atoms. The molecule has 0 saturated carbocycles. The van der Waals surface area contributed by atoms with E-state index < -0.39 is 23.8 Å². The van der Waals surface area contributed by atoms with E-state index >= 15 is 0 Å². The van der Waals surface area contributed by atoms with Crippen LogP contribution in [0.3, 0.4) is 0 Å². The van der Waals surface area contributed by atoms with E-state index in [2.05, 4.69) is 0 Å². The Morgan fingerprint density at radius 3 is 2.30 bits per heavy atom. The predicted molar refractivity (Wildman–Crippen MR) is 132 cm³/mol. The molecule has 196 valence electrons. The summed E-state index contributed by atoms with van der Waals surface area (Å²) in [5, 5.41) is 9.19. The maximum absolute atomic E-state index is 13.6. The van der Waals surface area contributed by atoms with Crippen molar-refractivity contribution >= 4 is 11.9 Å². The molecule has 0 aromatic heterocycles. The Balaban J connectivity index is 2.02. The summed E-state index contributed by atoms with van der Waals surface area (Å²) in [6.45, 7) is 3.43. The largest absolute Gasteiger partial charge is 0.496 e. The third-order valence-electron chi connectivity index (χ3n) is 5.80. The lowest BCUT2D eigenvalue weighted by molar-refractivity contribution is -0.138. The van der Waals surface area contributed by atoms with Gasteiger partial charge in [-0.3, -0.25) is 9.59 Å². The smallest absolute Gasteiger partial charge is 0.416 e. The van der Waals surface area contributed by atoms with E-state index in [9.17, 15) is 27.9 Å². The number of hydrogen-bond acceptors (Lipinski definition) is 4. The van der Waals surface area contributed by atoms with Gasteiger partial charge >= 0.3 is 12.1 Å². The highest BCUT2D eigenvalue weighted by atomic mass is 19.4. The SMILES string of the molecule is CCN(Cc1cc(C(F)(F)F)ccc1-c1cc(CC(=O)O)ccc1OC)C(=O)C(C)Oc1ccccc1. The number of carbonyl (C=O) groups excluding carboxylic acids is 1. The molecule has 0 heterocycles. The lowest BCUT2D eigenvalue weighted by Gasteiger charge is -2.27. The van der Waals surface area contributed by atoms with Gasteiger partial charge in [0.15, 0.2) is 6.10 Å². The first kappa shape index (κ1) is 27.6. The fraction of sp³-hybridized carbons (Fsp3) is 0.286. The molecular formula is C28H28F3NO5. The van der Waals surface area contributed by atoms with Crippen LogP contribution in [0.15, 0.2) is 66.7 Å². The molecule has 3 rings (SSSR count). The topological polar surface area (TPSA) is 76.1 Å². The second-order valence-corrected chi connectivity index (χ2v) is 8.40. The van der Waals surface area contributed by atoms with Crippen LogP contribution in [0.1, 0.15) is 30.5 Å². The highest BCUT2D eigenvalue weighted by Crippen LogP contribution is 2.38. The number of hydrogen-bond donors (Lipinski definition) is 1. The molecule has 0 saturated heterocycles. The minimum absolute atomic E-state index is 0.122. The lowest BCUT2D eigenvalue weighted by Crippen LogP contribution is -2.40. The molecule has 1 N–H and O–H groups in total. The van der Waals surface area contributed by atoms with Crippen molar-refractivity contribution in [3.63, 3.8) is 0 Å². The van der Waals surface area contributed by atoms with Crippen LogP contribution in [0.25, 0.3) is 11.1 Å². The number of carboxylic acid groups (broad SMARTS) is 1. The number of alkyl halides is 3. The minimum Gasteiger partial charge on any atom is -0.496 e. The number of carbonyl (C=O) groups is 2. The number of aliphatic carboxylic acids is 1. The molecule has 0 spiro atoms. The third-order valence-corrected chi connectivity index (χ3v) is 5.80. The second kappa shape index (κ2) is 11.8. The third kappa shape index (κ3) is 7.03. The Kier molecular flexibility index (Phi) is 8.81. The van der Waals surface area contributed by atoms with E-state index in [1.54, 1.807) is 56.3 Å². The van der Waals surface area contributed by atoms with Crippen molar-refractivity contribution in [1.29, 1.82) is 0 Å². The first-order chi connectivity index (χ1) is 17.5. The number of carboxylic acids is 1. The van der Waals surface area contributed by atoms with Gasteiger partial charge in [-0.25, -0.2) is 0 Å². The van der Waals surface area contributed by atoms with Crippen molar-refractivity contribution in [1.82, 2.24) is 4.90 Å². The maximum Gasteiger partial charge on any atom is 0.416 e. The summed E-state index contributed by atoms with van der Waals surface area (Å²) >= 11 is 0. The van der Waals surface area contributed by atoms with E-state index in [0.717, 1.165) is 12.1 Å². The van der Waals surface area contributed by atoms with Crippen LogP contribution in [0, 0.1) is 0 Å². The number of nitrogens with zero attached hydrogens (tertiary/aromatic N) is 1. The standard InChI is InChI=1S/C28H28F3NO5/c1-4-32(27(35)18(2)37-22-8-6-5-7-9-22)17-20-16-21(28(29,30)31)11-12-23(20)24-14-19(15-26(33)34)10-13-25(24)36-3/h5-14,16,18H,4,15,17H2,1-3H3,(H,33,34). The highest BCUT2D eigenvalue weighted by Gasteiger charge is 2.32. The molecule has 1 atom stereocenters. The van der Waals surface area contributed by atoms with Gasteiger partial charge < -0.3 is 19.5 Å². The molecule has 9 heteroatoms. The first-order valence-corrected chi connectivity index (χ1v) is 11.6. The molecule has 0 radical (unpaired) electrons. The van der Waals surface area contributed by atoms with Gasteiger partial charge in [0.25, 0.3) is 5.91 Å². The molecule has 1 amide bonds. The summed E-state index contributed by atoms with van der Waals surface area (Å²) in [5.74, 6) is -0.565. The van der Waals surface area contributed by atoms with Crippen molar-refractivity contribution in [2.45, 2.75) is 39.1 Å². The van der Waals surface area contributed by atoms with E-state index in [1.807, 2.05) is 6.07 Å². The number of ether oxygens (including phenoxy) is 2. The predicted octanol–water partition coefficient (Wildman–Crippen LogP) is 5.82. The van der Waals surface area contributed by atoms with Crippen molar-refractivity contribution in [3.8, 4) is 22.6 Å². The Labute approximate surface area is 213 Å². The molecule has 0 aliphatic carbocycles. The molecular weight excluding hydrogens is 487 g/mol. The normalized spacial score (nSPS) is 12.1. The minimum atomic E-state index is -4.59. The number of likely N-dealkylation sites (N-methyl/N-ethyl adjacent to an activating group) is 1. The monoisotopic (exact) mass is 515 g/mol. The number of benzene rings is 3. The molecule has 1 unspecified atom stereocenters. The Hall–Kier alpha value is -4.01. The number of para-hydroxylation sites is 1. The average Bonchev–Trinajstić information content (AvgIpc) is 2.86. The quantitative estimate of drug-likeness (QED) is 0.368. The van der Waals surface area contributed by atoms with Crippen molar-refractivity contribution in [2.24, 2.45) is 0 Å². The zero-order valence-electron chi connectivity index (χ0n) is 20.7. The molecule has 0 bridgehead atoms. The highest BCUT2D eigenvalue weighted by molar-refractivity contribution is 5.82. The zero-order valence-corrected chi connectivity index (χ0v) is 20.7. The van der Waals surface area contributed by atoms with Gasteiger partial charge in [-0.2, -0.15) is 13.2 Å². The molecule has 3 aromatic rings. The van der Waals surface area contributed by atoms with Gasteiger partial charge in [0.2, 0.25) is 0 Å². The zero-order chi connectivity index (χ0) is 27.2. The van der Waals surface area contributed by atoms with Gasteiger partial charge in [-0.05, 0) is 66.9 Å². The van der Waals surface area contributed by atoms with Gasteiger partial charge in [0.1, 0.15) is 11.5 Å². The van der Waals surface area contributed by atoms with Crippen molar-refractivity contribution in [3.05, 3.63) is 83.4 Å². The first-order valence-electron chi connectivity index (χ1n) is 11.6. The van der Waals surface area contributed by atoms with Gasteiger partial charge in [-0.1, -0.05) is 30.3 Å². The Morgan fingerprint density at radius 1 is 1.00 bits per heavy atom. The fourth-order valence-corrected chi connectivity index (χ4v) is 3.98. The summed E-state index contributed by atoms with van der Waals surface area (Å²) in [4.78, 5) is 25.9. The van der Waals surface area contributed by atoms with Crippen LogP contribution >= 0.6 is 0 Å². The van der Waals surface area contributed by atoms with E-state index in [0.29, 0.717) is 28.2 Å². The van der Waals surface area contributed by atoms with E-state index in [-0.39, 0.29) is 31.0 Å². The molecule has 6 nitrogen and oxygen atoms in total. The summed E-state index contributed by atoms with van der Waals surface area (Å²) in [7, 11) is 1.42. The van der Waals surface area contributed by atoms with Gasteiger partial charge in [0, 0.05) is 18.7 Å². The Bertz CT molecular complexity index is 1240. The van der Waals surface area contributed by atoms with Crippen LogP contribution in [0.5, 0.6) is 11.5 Å². The number of halogens is 3. The number of methoxy groups -OCH3 is 1. The fourth-order valence-electron chi connectivity index (χ4n) is 3.98. The lowest BCUT2D eigenvalue weighted by atomic mass is 9.94. The molecule has 0 aliphatic rings. The van der Waals surface area contributed by atoms with Crippen LogP contribution in [-0.2, 0) is 28.7 Å². The molecule has 3 aromatic carbocycles. The summed E-state index contributed by atoms with van der Waals surface area (Å²) < 4.78 is 52.0. The van der Waals surface area contributed by atoms with Gasteiger partial charge in [-0.15, -0.1) is 0 Å². The summed E-state index contributed by atoms with van der Waals surface area (Å²) in [6, 6.07) is 16.8. The number of rotatable bonds is 10. The molecule has 0 aliphatic heterocycles. The van der Waals surface area contributed by atoms with Crippen LogP contribution in [0.2, 0.25) is 0 Å². The molecule has 0 fully saturated rings. The second-order valence-electron chi connectivity index (χ2n) is 8.40. The van der Waals surface area contributed by atoms with E-state index in [4.69, 9.17) is 9.47 Å². The van der Waals surface area contributed by atoms with E-state index in [1.165, 1.54) is 18.1 Å². The van der Waals surface area contributed by atoms with Crippen molar-refractivity contribution in [2.75, 3.05) is 13.7 Å². The van der Waals surface area contributed by atoms with Gasteiger partial charge in [0.05, 0.1) is 19.1 Å². The summed E-state index contributed by atoms with van der Waals surface area (Å²) in [6.07, 6.45) is -5.72.